The van der Waals surface area contributed by atoms with Crippen LogP contribution in [-0.4, -0.2) is 71.7 Å². The molecular formula is C26H26N8O3. The third kappa shape index (κ3) is 4.18. The minimum Gasteiger partial charge on any atom is -0.508 e. The molecule has 11 nitrogen and oxygen atoms in total. The van der Waals surface area contributed by atoms with Crippen molar-refractivity contribution >= 4 is 39.7 Å². The highest BCUT2D eigenvalue weighted by molar-refractivity contribution is 5.86. The Morgan fingerprint density at radius 3 is 2.49 bits per heavy atom. The van der Waals surface area contributed by atoms with Crippen molar-refractivity contribution in [2.75, 3.05) is 36.0 Å². The van der Waals surface area contributed by atoms with Gasteiger partial charge in [0, 0.05) is 37.3 Å². The number of nitrogens with zero attached hydrogens (tertiary/aromatic N) is 8. The molecule has 0 unspecified atom stereocenters. The lowest BCUT2D eigenvalue weighted by atomic mass is 10.1. The van der Waals surface area contributed by atoms with E-state index in [-0.39, 0.29) is 12.3 Å². The van der Waals surface area contributed by atoms with E-state index in [4.69, 9.17) is 9.97 Å². The van der Waals surface area contributed by atoms with Crippen LogP contribution in [-0.2, 0) is 17.8 Å². The van der Waals surface area contributed by atoms with Crippen molar-refractivity contribution < 1.29 is 15.0 Å². The summed E-state index contributed by atoms with van der Waals surface area (Å²) in [5, 5.41) is 24.6. The number of carbonyl (C=O) groups is 1. The van der Waals surface area contributed by atoms with Gasteiger partial charge in [0.1, 0.15) is 12.3 Å². The monoisotopic (exact) mass is 498 g/mol. The van der Waals surface area contributed by atoms with E-state index in [2.05, 4.69) is 38.9 Å². The lowest BCUT2D eigenvalue weighted by Gasteiger charge is -2.36. The number of hydrogen-bond donors (Lipinski definition) is 2. The second-order valence-electron chi connectivity index (χ2n) is 9.08. The Balaban J connectivity index is 1.40. The molecule has 1 saturated heterocycles. The Bertz CT molecular complexity index is 1600. The lowest BCUT2D eigenvalue weighted by Crippen LogP contribution is -2.47. The molecule has 11 heteroatoms. The van der Waals surface area contributed by atoms with E-state index in [9.17, 15) is 15.0 Å². The van der Waals surface area contributed by atoms with Crippen molar-refractivity contribution in [2.45, 2.75) is 19.9 Å². The molecule has 3 aromatic heterocycles. The first-order valence-corrected chi connectivity index (χ1v) is 12.2. The number of carboxylic acid groups (broad SMARTS) is 1. The molecule has 4 heterocycles. The molecule has 1 fully saturated rings. The largest absolute Gasteiger partial charge is 0.508 e. The maximum atomic E-state index is 11.5. The molecule has 0 aliphatic carbocycles. The highest BCUT2D eigenvalue weighted by Crippen LogP contribution is 2.27. The zero-order valence-electron chi connectivity index (χ0n) is 20.3. The molecule has 0 bridgehead atoms. The fraction of sp³-hybridized carbons (Fsp3) is 0.269. The van der Waals surface area contributed by atoms with Crippen molar-refractivity contribution in [1.29, 1.82) is 0 Å². The number of fused-ring (bicyclic) bond motifs is 2. The summed E-state index contributed by atoms with van der Waals surface area (Å²) in [6.45, 7) is 4.72. The molecule has 1 aliphatic rings. The third-order valence-electron chi connectivity index (χ3n) is 6.76. The summed E-state index contributed by atoms with van der Waals surface area (Å²) < 4.78 is 3.28. The summed E-state index contributed by atoms with van der Waals surface area (Å²) in [4.78, 5) is 30.0. The van der Waals surface area contributed by atoms with Crippen molar-refractivity contribution in [3.05, 3.63) is 60.6 Å². The normalized spacial score (nSPS) is 14.1. The average molecular weight is 499 g/mol. The maximum absolute atomic E-state index is 11.5. The zero-order valence-corrected chi connectivity index (χ0v) is 20.3. The fourth-order valence-electron chi connectivity index (χ4n) is 4.77. The number of rotatable bonds is 6. The zero-order chi connectivity index (χ0) is 25.5. The molecule has 1 aliphatic heterocycles. The molecule has 0 saturated carbocycles. The quantitative estimate of drug-likeness (QED) is 0.363. The van der Waals surface area contributed by atoms with Gasteiger partial charge >= 0.3 is 5.97 Å². The van der Waals surface area contributed by atoms with Gasteiger partial charge < -0.3 is 24.6 Å². The number of hydrogen-bond acceptors (Lipinski definition) is 8. The summed E-state index contributed by atoms with van der Waals surface area (Å²) in [7, 11) is 0. The van der Waals surface area contributed by atoms with Gasteiger partial charge in [-0.3, -0.25) is 4.79 Å². The van der Waals surface area contributed by atoms with Gasteiger partial charge in [-0.05, 0) is 48.4 Å². The smallest absolute Gasteiger partial charge is 0.323 e. The van der Waals surface area contributed by atoms with E-state index < -0.39 is 5.97 Å². The SMILES string of the molecule is CCc1ccc2c(cnn2-c2nc(N3CCN(c4ccc(O)cc4)CC3)nc3c2ncn3CC(=O)O)c1. The van der Waals surface area contributed by atoms with Gasteiger partial charge in [-0.25, -0.2) is 9.67 Å². The van der Waals surface area contributed by atoms with Gasteiger partial charge in [-0.2, -0.15) is 15.1 Å². The van der Waals surface area contributed by atoms with Crippen LogP contribution < -0.4 is 9.80 Å². The number of phenols is 1. The van der Waals surface area contributed by atoms with Crippen LogP contribution in [0.1, 0.15) is 12.5 Å². The minimum atomic E-state index is -0.972. The standard InChI is InChI=1S/C26H26N8O3/c1-2-17-3-8-21-18(13-17)14-28-34(21)25-23-24(33(16-27-23)15-22(36)37)29-26(30-25)32-11-9-31(10-12-32)19-4-6-20(35)7-5-19/h3-8,13-14,16,35H,2,9-12,15H2,1H3,(H,36,37). The molecule has 0 radical (unpaired) electrons. The van der Waals surface area contributed by atoms with Gasteiger partial charge in [0.15, 0.2) is 17.0 Å². The summed E-state index contributed by atoms with van der Waals surface area (Å²) in [6, 6.07) is 13.4. The van der Waals surface area contributed by atoms with Crippen LogP contribution in [0.2, 0.25) is 0 Å². The summed E-state index contributed by atoms with van der Waals surface area (Å²) in [5.41, 5.74) is 4.11. The number of piperazine rings is 1. The molecule has 6 rings (SSSR count). The molecule has 2 aromatic carbocycles. The van der Waals surface area contributed by atoms with Crippen LogP contribution in [0.4, 0.5) is 11.6 Å². The number of imidazole rings is 1. The van der Waals surface area contributed by atoms with E-state index in [1.807, 2.05) is 24.4 Å². The topological polar surface area (TPSA) is 125 Å². The number of aromatic nitrogens is 6. The lowest BCUT2D eigenvalue weighted by molar-refractivity contribution is -0.137. The summed E-state index contributed by atoms with van der Waals surface area (Å²) in [6.07, 6.45) is 4.23. The predicted molar refractivity (Wildman–Crippen MR) is 139 cm³/mol. The number of carboxylic acids is 1. The Hall–Kier alpha value is -4.67. The number of anilines is 2. The Kier molecular flexibility index (Phi) is 5.59. The van der Waals surface area contributed by atoms with Gasteiger partial charge in [0.2, 0.25) is 5.95 Å². The van der Waals surface area contributed by atoms with Crippen LogP contribution in [0.5, 0.6) is 5.75 Å². The third-order valence-corrected chi connectivity index (χ3v) is 6.76. The van der Waals surface area contributed by atoms with E-state index in [1.54, 1.807) is 16.8 Å². The summed E-state index contributed by atoms with van der Waals surface area (Å²) in [5.74, 6) is 0.296. The first kappa shape index (κ1) is 22.8. The first-order chi connectivity index (χ1) is 18.0. The van der Waals surface area contributed by atoms with Gasteiger partial charge in [-0.1, -0.05) is 13.0 Å². The van der Waals surface area contributed by atoms with Crippen molar-refractivity contribution in [3.63, 3.8) is 0 Å². The van der Waals surface area contributed by atoms with Crippen molar-refractivity contribution in [3.8, 4) is 11.6 Å². The summed E-state index contributed by atoms with van der Waals surface area (Å²) >= 11 is 0. The molecule has 2 N–H and O–H groups in total. The van der Waals surface area contributed by atoms with Crippen LogP contribution in [0.15, 0.2) is 55.0 Å². The van der Waals surface area contributed by atoms with Crippen molar-refractivity contribution in [2.24, 2.45) is 0 Å². The number of benzene rings is 2. The van der Waals surface area contributed by atoms with Crippen molar-refractivity contribution in [1.82, 2.24) is 29.3 Å². The second-order valence-corrected chi connectivity index (χ2v) is 9.08. The molecule has 0 atom stereocenters. The molecular weight excluding hydrogens is 472 g/mol. The highest BCUT2D eigenvalue weighted by atomic mass is 16.4. The highest BCUT2D eigenvalue weighted by Gasteiger charge is 2.24. The predicted octanol–water partition coefficient (Wildman–Crippen LogP) is 2.84. The van der Waals surface area contributed by atoms with E-state index in [0.717, 1.165) is 36.1 Å². The Labute approximate surface area is 212 Å². The number of phenolic OH excluding ortho intramolecular Hbond substituents is 1. The van der Waals surface area contributed by atoms with E-state index in [1.165, 1.54) is 16.5 Å². The molecule has 37 heavy (non-hydrogen) atoms. The van der Waals surface area contributed by atoms with Crippen LogP contribution in [0.3, 0.4) is 0 Å². The number of aryl methyl sites for hydroxylation is 1. The van der Waals surface area contributed by atoms with E-state index in [0.29, 0.717) is 36.0 Å². The number of aromatic hydroxyl groups is 1. The Morgan fingerprint density at radius 2 is 1.76 bits per heavy atom. The maximum Gasteiger partial charge on any atom is 0.323 e. The van der Waals surface area contributed by atoms with Crippen LogP contribution in [0, 0.1) is 0 Å². The van der Waals surface area contributed by atoms with Crippen LogP contribution >= 0.6 is 0 Å². The molecule has 188 valence electrons. The van der Waals surface area contributed by atoms with E-state index >= 15 is 0 Å². The number of aliphatic carboxylic acids is 1. The van der Waals surface area contributed by atoms with Gasteiger partial charge in [0.05, 0.1) is 18.0 Å². The average Bonchev–Trinajstić information content (AvgIpc) is 3.52. The molecule has 0 amide bonds. The second kappa shape index (κ2) is 9.08. The minimum absolute atomic E-state index is 0.242. The van der Waals surface area contributed by atoms with Crippen LogP contribution in [0.25, 0.3) is 27.9 Å². The first-order valence-electron chi connectivity index (χ1n) is 12.2. The Morgan fingerprint density at radius 1 is 1.00 bits per heavy atom. The fourth-order valence-corrected chi connectivity index (χ4v) is 4.77. The molecule has 0 spiro atoms. The van der Waals surface area contributed by atoms with Gasteiger partial charge in [-0.15, -0.1) is 0 Å². The molecule has 5 aromatic rings. The van der Waals surface area contributed by atoms with Gasteiger partial charge in [0.25, 0.3) is 0 Å².